The van der Waals surface area contributed by atoms with Crippen LogP contribution >= 0.6 is 0 Å². The molecule has 0 saturated carbocycles. The first kappa shape index (κ1) is 26.7. The molecule has 6 nitrogen and oxygen atoms in total. The van der Waals surface area contributed by atoms with Gasteiger partial charge in [-0.25, -0.2) is 0 Å². The van der Waals surface area contributed by atoms with Gasteiger partial charge in [-0.05, 0) is 12.1 Å². The Morgan fingerprint density at radius 1 is 1.00 bits per heavy atom. The molecule has 7 heteroatoms. The van der Waals surface area contributed by atoms with Gasteiger partial charge in [0.15, 0.2) is 0 Å². The van der Waals surface area contributed by atoms with Crippen molar-refractivity contribution in [3.63, 3.8) is 0 Å². The molecule has 0 aromatic carbocycles. The van der Waals surface area contributed by atoms with Crippen LogP contribution in [0.2, 0.25) is 0 Å². The first-order valence-electron chi connectivity index (χ1n) is 6.73. The molecule has 0 aliphatic heterocycles. The minimum absolute atomic E-state index is 0. The number of hydrogen-bond donors (Lipinski definition) is 0. The predicted molar refractivity (Wildman–Crippen MR) is 95.4 cm³/mol. The largest absolute Gasteiger partial charge is 4.00 e. The molecule has 0 radical (unpaired) electrons. The van der Waals surface area contributed by atoms with Gasteiger partial charge in [0, 0.05) is 6.54 Å². The Labute approximate surface area is 155 Å². The fraction of sp³-hybridized carbons (Fsp3) is 0.438. The van der Waals surface area contributed by atoms with E-state index in [-0.39, 0.29) is 21.7 Å². The Kier molecular flexibility index (Phi) is 26.8. The summed E-state index contributed by atoms with van der Waals surface area (Å²) in [6.07, 6.45) is 5.09. The third-order valence-corrected chi connectivity index (χ3v) is 1.63. The van der Waals surface area contributed by atoms with E-state index >= 15 is 0 Å². The molecule has 2 aromatic rings. The fourth-order valence-corrected chi connectivity index (χ4v) is 1.02. The van der Waals surface area contributed by atoms with Crippen molar-refractivity contribution in [1.82, 2.24) is 4.98 Å². The van der Waals surface area contributed by atoms with Gasteiger partial charge in [-0.3, -0.25) is 4.99 Å². The number of aliphatic imine (C=N–C) groups is 1. The maximum absolute atomic E-state index is 5.08. The van der Waals surface area contributed by atoms with Gasteiger partial charge >= 0.3 is 21.7 Å². The van der Waals surface area contributed by atoms with Gasteiger partial charge < -0.3 is 25.4 Å². The Bertz CT molecular complexity index is 411. The van der Waals surface area contributed by atoms with Crippen LogP contribution in [0.25, 0.3) is 16.0 Å². The molecule has 2 heterocycles. The van der Waals surface area contributed by atoms with Crippen LogP contribution in [0.1, 0.15) is 11.5 Å². The zero-order valence-electron chi connectivity index (χ0n) is 14.9. The molecule has 2 aromatic heterocycles. The molecule has 0 amide bonds. The van der Waals surface area contributed by atoms with E-state index in [4.69, 9.17) is 4.42 Å². The summed E-state index contributed by atoms with van der Waals surface area (Å²) in [5.74, 6) is 0.770. The summed E-state index contributed by atoms with van der Waals surface area (Å²) in [7, 11) is 10.5. The number of rotatable bonds is 3. The van der Waals surface area contributed by atoms with Crippen LogP contribution in [-0.2, 0) is 28.3 Å². The zero-order chi connectivity index (χ0) is 17.1. The van der Waals surface area contributed by atoms with Gasteiger partial charge in [-0.1, -0.05) is 12.1 Å². The second-order valence-electron chi connectivity index (χ2n) is 3.96. The van der Waals surface area contributed by atoms with Gasteiger partial charge in [0.2, 0.25) is 0 Å². The SMILES string of the molecule is C(=NCc1ccc[n-]1)c1ccco1.C[N-]C.C[N-]C.C[N-]C.[Ti+4]. The van der Waals surface area contributed by atoms with Crippen molar-refractivity contribution in [1.29, 1.82) is 0 Å². The van der Waals surface area contributed by atoms with E-state index < -0.39 is 0 Å². The summed E-state index contributed by atoms with van der Waals surface area (Å²) in [4.78, 5) is 8.27. The van der Waals surface area contributed by atoms with E-state index in [1.54, 1.807) is 61.0 Å². The molecule has 0 bridgehead atoms. The summed E-state index contributed by atoms with van der Waals surface area (Å²) >= 11 is 0. The molecule has 0 atom stereocenters. The normalized spacial score (nSPS) is 8.61. The molecule has 0 N–H and O–H groups in total. The maximum Gasteiger partial charge on any atom is 4.00 e. The van der Waals surface area contributed by atoms with Crippen LogP contribution in [0.4, 0.5) is 0 Å². The number of furan rings is 1. The van der Waals surface area contributed by atoms with Crippen molar-refractivity contribution in [2.45, 2.75) is 6.54 Å². The Morgan fingerprint density at radius 3 is 1.96 bits per heavy atom. The molecule has 0 spiro atoms. The van der Waals surface area contributed by atoms with Crippen LogP contribution in [0, 0.1) is 0 Å². The maximum atomic E-state index is 5.08. The fourth-order valence-electron chi connectivity index (χ4n) is 1.02. The van der Waals surface area contributed by atoms with Gasteiger partial charge in [-0.15, -0.1) is 5.69 Å². The third-order valence-electron chi connectivity index (χ3n) is 1.63. The average Bonchev–Trinajstić information content (AvgIpc) is 3.15. The molecule has 23 heavy (non-hydrogen) atoms. The van der Waals surface area contributed by atoms with Gasteiger partial charge in [-0.2, -0.15) is 48.5 Å². The Hall–Kier alpha value is -1.18. The monoisotopic (exact) mass is 353 g/mol. The van der Waals surface area contributed by atoms with E-state index in [2.05, 4.69) is 25.9 Å². The van der Waals surface area contributed by atoms with Crippen molar-refractivity contribution < 1.29 is 26.1 Å². The Morgan fingerprint density at radius 2 is 1.57 bits per heavy atom. The summed E-state index contributed by atoms with van der Waals surface area (Å²) in [5.41, 5.74) is 0.975. The molecule has 0 aliphatic carbocycles. The smallest absolute Gasteiger partial charge is 0.668 e. The summed E-state index contributed by atoms with van der Waals surface area (Å²) in [6, 6.07) is 7.54. The van der Waals surface area contributed by atoms with E-state index in [9.17, 15) is 0 Å². The number of aromatic nitrogens is 1. The zero-order valence-corrected chi connectivity index (χ0v) is 16.5. The first-order chi connectivity index (χ1) is 10.7. The molecule has 2 rings (SSSR count). The van der Waals surface area contributed by atoms with Crippen molar-refractivity contribution in [2.75, 3.05) is 42.3 Å². The quantitative estimate of drug-likeness (QED) is 0.622. The summed E-state index contributed by atoms with van der Waals surface area (Å²) < 4.78 is 5.08. The number of hydrogen-bond acceptors (Lipinski definition) is 2. The third kappa shape index (κ3) is 20.8. The molecule has 0 saturated heterocycles. The van der Waals surface area contributed by atoms with Crippen molar-refractivity contribution in [2.24, 2.45) is 4.99 Å². The van der Waals surface area contributed by atoms with Crippen LogP contribution in [0.15, 0.2) is 46.1 Å². The minimum Gasteiger partial charge on any atom is -0.668 e. The molecule has 0 aliphatic rings. The van der Waals surface area contributed by atoms with Crippen molar-refractivity contribution in [3.8, 4) is 0 Å². The predicted octanol–water partition coefficient (Wildman–Crippen LogP) is 3.71. The molecular weight excluding hydrogens is 326 g/mol. The van der Waals surface area contributed by atoms with Crippen LogP contribution in [-0.4, -0.2) is 48.5 Å². The van der Waals surface area contributed by atoms with Gasteiger partial charge in [0.1, 0.15) is 5.76 Å². The summed E-state index contributed by atoms with van der Waals surface area (Å²) in [6.45, 7) is 0.605. The van der Waals surface area contributed by atoms with Gasteiger partial charge in [0.05, 0.1) is 12.5 Å². The molecule has 0 unspecified atom stereocenters. The minimum atomic E-state index is 0. The van der Waals surface area contributed by atoms with Crippen LogP contribution in [0.5, 0.6) is 0 Å². The Balaban J connectivity index is -0.000000340. The number of nitrogens with zero attached hydrogens (tertiary/aromatic N) is 5. The van der Waals surface area contributed by atoms with Crippen LogP contribution in [0.3, 0.4) is 0 Å². The second kappa shape index (κ2) is 23.1. The standard InChI is InChI=1S/C10H9N2O.3C2H6N.Ti/c1-3-9(12-5-1)7-11-8-10-4-2-6-13-10;3*1-3-2;/h1-6,8H,7H2;3*1-2H3;/q4*-1;+4. The topological polar surface area (TPSA) is 81.9 Å². The van der Waals surface area contributed by atoms with Crippen molar-refractivity contribution >= 4 is 6.21 Å². The molecule has 0 fully saturated rings. The van der Waals surface area contributed by atoms with E-state index in [0.717, 1.165) is 11.5 Å². The van der Waals surface area contributed by atoms with E-state index in [0.29, 0.717) is 6.54 Å². The van der Waals surface area contributed by atoms with Crippen LogP contribution < -0.4 is 4.98 Å². The second-order valence-corrected chi connectivity index (χ2v) is 3.96. The average molecular weight is 353 g/mol. The van der Waals surface area contributed by atoms with E-state index in [1.165, 1.54) is 0 Å². The van der Waals surface area contributed by atoms with Gasteiger partial charge in [0.25, 0.3) is 0 Å². The van der Waals surface area contributed by atoms with E-state index in [1.807, 2.05) is 24.3 Å². The first-order valence-corrected chi connectivity index (χ1v) is 6.73. The summed E-state index contributed by atoms with van der Waals surface area (Å²) in [5, 5.41) is 10.5. The van der Waals surface area contributed by atoms with Crippen molar-refractivity contribution in [3.05, 3.63) is 64.1 Å². The molecule has 126 valence electrons. The molecular formula is C16H27N5OTi.